The van der Waals surface area contributed by atoms with Crippen LogP contribution < -0.4 is 15.2 Å². The predicted octanol–water partition coefficient (Wildman–Crippen LogP) is 3.63. The number of aromatic nitrogens is 4. The average molecular weight is 541 g/mol. The SMILES string of the molecule is COC(=O)CCCCCn1c(Sc2cc3c(cc2I)OCO3)nc2c(N)ncnc21. The van der Waals surface area contributed by atoms with E-state index in [1.54, 1.807) is 0 Å². The molecule has 0 saturated carbocycles. The van der Waals surface area contributed by atoms with Crippen molar-refractivity contribution in [1.82, 2.24) is 19.5 Å². The van der Waals surface area contributed by atoms with Gasteiger partial charge >= 0.3 is 5.97 Å². The lowest BCUT2D eigenvalue weighted by Gasteiger charge is -2.10. The van der Waals surface area contributed by atoms with Crippen molar-refractivity contribution >= 4 is 57.3 Å². The third kappa shape index (κ3) is 4.41. The van der Waals surface area contributed by atoms with E-state index in [1.165, 1.54) is 25.2 Å². The maximum absolute atomic E-state index is 11.3. The minimum atomic E-state index is -0.183. The van der Waals surface area contributed by atoms with Crippen molar-refractivity contribution < 1.29 is 19.0 Å². The molecule has 0 fully saturated rings. The number of nitrogens with two attached hydrogens (primary N) is 1. The highest BCUT2D eigenvalue weighted by atomic mass is 127. The highest BCUT2D eigenvalue weighted by Gasteiger charge is 2.20. The number of hydrogen-bond donors (Lipinski definition) is 1. The van der Waals surface area contributed by atoms with E-state index in [-0.39, 0.29) is 12.8 Å². The van der Waals surface area contributed by atoms with E-state index < -0.39 is 0 Å². The predicted molar refractivity (Wildman–Crippen MR) is 120 cm³/mol. The second kappa shape index (κ2) is 9.25. The van der Waals surface area contributed by atoms with Crippen LogP contribution in [0.15, 0.2) is 28.5 Å². The van der Waals surface area contributed by atoms with Crippen LogP contribution in [0, 0.1) is 3.57 Å². The van der Waals surface area contributed by atoms with Crippen molar-refractivity contribution in [2.45, 2.75) is 42.3 Å². The molecule has 0 radical (unpaired) electrons. The van der Waals surface area contributed by atoms with Crippen LogP contribution in [0.1, 0.15) is 25.7 Å². The van der Waals surface area contributed by atoms with Crippen LogP contribution in [0.5, 0.6) is 11.5 Å². The van der Waals surface area contributed by atoms with Crippen LogP contribution in [-0.2, 0) is 16.1 Å². The van der Waals surface area contributed by atoms with Gasteiger partial charge in [-0.15, -0.1) is 0 Å². The van der Waals surface area contributed by atoms with Crippen LogP contribution in [0.3, 0.4) is 0 Å². The summed E-state index contributed by atoms with van der Waals surface area (Å²) in [5.74, 6) is 1.64. The summed E-state index contributed by atoms with van der Waals surface area (Å²) in [4.78, 5) is 25.5. The summed E-state index contributed by atoms with van der Waals surface area (Å²) in [6.45, 7) is 0.938. The summed E-state index contributed by atoms with van der Waals surface area (Å²) in [5, 5.41) is 0.780. The number of hydrogen-bond acceptors (Lipinski definition) is 9. The zero-order valence-electron chi connectivity index (χ0n) is 16.3. The van der Waals surface area contributed by atoms with Crippen LogP contribution in [-0.4, -0.2) is 39.4 Å². The number of methoxy groups -OCH3 is 1. The molecule has 9 nitrogen and oxygen atoms in total. The topological polar surface area (TPSA) is 114 Å². The molecule has 1 aromatic carbocycles. The second-order valence-corrected chi connectivity index (χ2v) is 8.77. The number of fused-ring (bicyclic) bond motifs is 2. The van der Waals surface area contributed by atoms with Gasteiger partial charge in [0.1, 0.15) is 6.33 Å². The van der Waals surface area contributed by atoms with Gasteiger partial charge in [0.25, 0.3) is 0 Å². The molecule has 1 aliphatic rings. The van der Waals surface area contributed by atoms with Gasteiger partial charge in [-0.3, -0.25) is 4.79 Å². The van der Waals surface area contributed by atoms with Crippen molar-refractivity contribution in [3.05, 3.63) is 22.0 Å². The van der Waals surface area contributed by atoms with Gasteiger partial charge in [-0.05, 0) is 47.6 Å². The van der Waals surface area contributed by atoms with E-state index in [1.807, 2.05) is 12.1 Å². The van der Waals surface area contributed by atoms with Crippen molar-refractivity contribution in [3.8, 4) is 11.5 Å². The number of carbonyl (C=O) groups is 1. The highest BCUT2D eigenvalue weighted by Crippen LogP contribution is 2.41. The molecule has 3 aromatic rings. The molecule has 4 rings (SSSR count). The normalized spacial score (nSPS) is 12.5. The van der Waals surface area contributed by atoms with Gasteiger partial charge in [-0.1, -0.05) is 18.2 Å². The molecule has 2 aromatic heterocycles. The lowest BCUT2D eigenvalue weighted by molar-refractivity contribution is -0.140. The van der Waals surface area contributed by atoms with E-state index >= 15 is 0 Å². The van der Waals surface area contributed by atoms with Crippen LogP contribution >= 0.6 is 34.4 Å². The van der Waals surface area contributed by atoms with Crippen LogP contribution in [0.2, 0.25) is 0 Å². The fourth-order valence-electron chi connectivity index (χ4n) is 3.11. The van der Waals surface area contributed by atoms with Crippen LogP contribution in [0.4, 0.5) is 5.82 Å². The maximum Gasteiger partial charge on any atom is 0.305 e. The third-order valence-electron chi connectivity index (χ3n) is 4.64. The molecular weight excluding hydrogens is 521 g/mol. The number of esters is 1. The number of halogens is 1. The summed E-state index contributed by atoms with van der Waals surface area (Å²) >= 11 is 3.80. The molecule has 2 N–H and O–H groups in total. The smallest absolute Gasteiger partial charge is 0.305 e. The molecule has 0 spiro atoms. The van der Waals surface area contributed by atoms with E-state index in [9.17, 15) is 4.79 Å². The standard InChI is InChI=1S/C19H20IN5O4S/c1-27-15(26)5-3-2-4-6-25-18-16(17(21)22-9-23-18)24-19(25)30-14-8-13-12(7-11(14)20)28-10-29-13/h7-9H,2-6,10H2,1H3,(H2,21,22,23). The van der Waals surface area contributed by atoms with Crippen LogP contribution in [0.25, 0.3) is 11.2 Å². The van der Waals surface area contributed by atoms with Gasteiger partial charge in [0.05, 0.1) is 7.11 Å². The largest absolute Gasteiger partial charge is 0.469 e. The Balaban J connectivity index is 1.57. The average Bonchev–Trinajstić information content (AvgIpc) is 3.33. The molecule has 0 aliphatic carbocycles. The summed E-state index contributed by atoms with van der Waals surface area (Å²) in [6, 6.07) is 3.92. The quantitative estimate of drug-likeness (QED) is 0.260. The zero-order valence-corrected chi connectivity index (χ0v) is 19.2. The van der Waals surface area contributed by atoms with E-state index in [2.05, 4.69) is 37.1 Å². The lowest BCUT2D eigenvalue weighted by Crippen LogP contribution is -2.03. The molecule has 0 bridgehead atoms. The highest BCUT2D eigenvalue weighted by molar-refractivity contribution is 14.1. The number of anilines is 1. The van der Waals surface area contributed by atoms with E-state index in [4.69, 9.17) is 24.9 Å². The Bertz CT molecular complexity index is 1090. The first-order valence-electron chi connectivity index (χ1n) is 9.37. The van der Waals surface area contributed by atoms with Crippen molar-refractivity contribution in [1.29, 1.82) is 0 Å². The van der Waals surface area contributed by atoms with E-state index in [0.29, 0.717) is 29.9 Å². The Morgan fingerprint density at radius 3 is 2.87 bits per heavy atom. The molecule has 0 amide bonds. The van der Waals surface area contributed by atoms with Gasteiger partial charge in [-0.25, -0.2) is 15.0 Å². The summed E-state index contributed by atoms with van der Waals surface area (Å²) in [7, 11) is 1.41. The number of aryl methyl sites for hydroxylation is 1. The number of benzene rings is 1. The van der Waals surface area contributed by atoms with Crippen molar-refractivity contribution in [2.75, 3.05) is 19.6 Å². The fourth-order valence-corrected chi connectivity index (χ4v) is 4.82. The first kappa shape index (κ1) is 21.0. The Kier molecular flexibility index (Phi) is 6.46. The maximum atomic E-state index is 11.3. The van der Waals surface area contributed by atoms with Gasteiger partial charge in [-0.2, -0.15) is 0 Å². The summed E-state index contributed by atoms with van der Waals surface area (Å²) in [5.41, 5.74) is 7.33. The molecule has 0 unspecified atom stereocenters. The van der Waals surface area contributed by atoms with Crippen molar-refractivity contribution in [3.63, 3.8) is 0 Å². The fraction of sp³-hybridized carbons (Fsp3) is 0.368. The molecule has 11 heteroatoms. The Morgan fingerprint density at radius 2 is 2.07 bits per heavy atom. The van der Waals surface area contributed by atoms with Gasteiger partial charge in [0, 0.05) is 21.4 Å². The molecule has 3 heterocycles. The van der Waals surface area contributed by atoms with Gasteiger partial charge in [0.2, 0.25) is 6.79 Å². The minimum Gasteiger partial charge on any atom is -0.469 e. The monoisotopic (exact) mass is 541 g/mol. The molecular formula is C19H20IN5O4S. The minimum absolute atomic E-state index is 0.183. The van der Waals surface area contributed by atoms with Crippen molar-refractivity contribution in [2.24, 2.45) is 0 Å². The number of nitrogen functional groups attached to an aromatic ring is 1. The van der Waals surface area contributed by atoms with Gasteiger partial charge in [0.15, 0.2) is 33.6 Å². The molecule has 0 saturated heterocycles. The van der Waals surface area contributed by atoms with E-state index in [0.717, 1.165) is 44.4 Å². The molecule has 158 valence electrons. The Labute approximate surface area is 190 Å². The number of ether oxygens (including phenoxy) is 3. The Hall–Kier alpha value is -2.28. The molecule has 30 heavy (non-hydrogen) atoms. The molecule has 0 atom stereocenters. The summed E-state index contributed by atoms with van der Waals surface area (Å²) in [6.07, 6.45) is 4.41. The number of carbonyl (C=O) groups excluding carboxylic acids is 1. The number of imidazole rings is 1. The first-order valence-corrected chi connectivity index (χ1v) is 11.3. The third-order valence-corrected chi connectivity index (χ3v) is 6.95. The molecule has 1 aliphatic heterocycles. The zero-order chi connectivity index (χ0) is 21.1. The second-order valence-electron chi connectivity index (χ2n) is 6.60. The number of rotatable bonds is 8. The lowest BCUT2D eigenvalue weighted by atomic mass is 10.2. The number of unbranched alkanes of at least 4 members (excludes halogenated alkanes) is 2. The summed E-state index contributed by atoms with van der Waals surface area (Å²) < 4.78 is 18.7. The first-order chi connectivity index (χ1) is 14.6. The number of nitrogens with zero attached hydrogens (tertiary/aromatic N) is 4. The Morgan fingerprint density at radius 1 is 1.27 bits per heavy atom. The van der Waals surface area contributed by atoms with Gasteiger partial charge < -0.3 is 24.5 Å².